The molecule has 0 spiro atoms. The Bertz CT molecular complexity index is 536. The molecule has 3 heteroatoms. The zero-order chi connectivity index (χ0) is 13.6. The first-order chi connectivity index (χ1) is 9.90. The standard InChI is InChI=1S/C17H19NO2/c1-2-6-15(7-3-1)20-16-8-4-5-14(11-16)12-17-13-18-9-10-19-17/h1-8,11,17-18H,9-10,12-13H2. The van der Waals surface area contributed by atoms with Crippen molar-refractivity contribution in [3.63, 3.8) is 0 Å². The molecule has 1 aliphatic rings. The van der Waals surface area contributed by atoms with Crippen LogP contribution in [0.25, 0.3) is 0 Å². The van der Waals surface area contributed by atoms with Gasteiger partial charge in [0.15, 0.2) is 0 Å². The Morgan fingerprint density at radius 1 is 1.05 bits per heavy atom. The predicted octanol–water partition coefficient (Wildman–Crippen LogP) is 3.01. The van der Waals surface area contributed by atoms with Gasteiger partial charge in [0.05, 0.1) is 12.7 Å². The number of para-hydroxylation sites is 1. The molecule has 20 heavy (non-hydrogen) atoms. The molecule has 1 saturated heterocycles. The molecule has 1 atom stereocenters. The molecular formula is C17H19NO2. The van der Waals surface area contributed by atoms with Crippen molar-refractivity contribution in [2.75, 3.05) is 19.7 Å². The molecule has 1 fully saturated rings. The van der Waals surface area contributed by atoms with Gasteiger partial charge in [0.1, 0.15) is 11.5 Å². The summed E-state index contributed by atoms with van der Waals surface area (Å²) in [6, 6.07) is 18.1. The first-order valence-electron chi connectivity index (χ1n) is 7.04. The highest BCUT2D eigenvalue weighted by atomic mass is 16.5. The maximum absolute atomic E-state index is 5.85. The minimum atomic E-state index is 0.260. The highest BCUT2D eigenvalue weighted by Gasteiger charge is 2.14. The van der Waals surface area contributed by atoms with Crippen molar-refractivity contribution in [2.24, 2.45) is 0 Å². The molecule has 1 N–H and O–H groups in total. The van der Waals surface area contributed by atoms with Crippen molar-refractivity contribution in [2.45, 2.75) is 12.5 Å². The molecule has 2 aromatic rings. The zero-order valence-corrected chi connectivity index (χ0v) is 11.4. The van der Waals surface area contributed by atoms with E-state index in [0.717, 1.165) is 37.6 Å². The molecule has 0 aromatic heterocycles. The van der Waals surface area contributed by atoms with Gasteiger partial charge in [0.25, 0.3) is 0 Å². The zero-order valence-electron chi connectivity index (χ0n) is 11.4. The molecule has 0 aliphatic carbocycles. The smallest absolute Gasteiger partial charge is 0.127 e. The molecule has 0 saturated carbocycles. The van der Waals surface area contributed by atoms with Crippen molar-refractivity contribution < 1.29 is 9.47 Å². The number of ether oxygens (including phenoxy) is 2. The molecule has 0 amide bonds. The van der Waals surface area contributed by atoms with E-state index < -0.39 is 0 Å². The maximum Gasteiger partial charge on any atom is 0.127 e. The Hall–Kier alpha value is -1.84. The van der Waals surface area contributed by atoms with Crippen LogP contribution < -0.4 is 10.1 Å². The average Bonchev–Trinajstić information content (AvgIpc) is 2.50. The second-order valence-corrected chi connectivity index (χ2v) is 4.96. The van der Waals surface area contributed by atoms with Crippen LogP contribution >= 0.6 is 0 Å². The van der Waals surface area contributed by atoms with Crippen LogP contribution in [0.15, 0.2) is 54.6 Å². The molecule has 1 heterocycles. The van der Waals surface area contributed by atoms with Crippen LogP contribution in [0.2, 0.25) is 0 Å². The number of morpholine rings is 1. The van der Waals surface area contributed by atoms with E-state index in [1.807, 2.05) is 42.5 Å². The Morgan fingerprint density at radius 3 is 2.70 bits per heavy atom. The van der Waals surface area contributed by atoms with E-state index in [-0.39, 0.29) is 6.10 Å². The van der Waals surface area contributed by atoms with Gasteiger partial charge >= 0.3 is 0 Å². The predicted molar refractivity (Wildman–Crippen MR) is 79.3 cm³/mol. The van der Waals surface area contributed by atoms with Crippen LogP contribution in [-0.2, 0) is 11.2 Å². The molecule has 0 radical (unpaired) electrons. The van der Waals surface area contributed by atoms with Crippen molar-refractivity contribution in [3.05, 3.63) is 60.2 Å². The van der Waals surface area contributed by atoms with E-state index in [2.05, 4.69) is 17.4 Å². The first kappa shape index (κ1) is 13.2. The molecular weight excluding hydrogens is 250 g/mol. The quantitative estimate of drug-likeness (QED) is 0.925. The first-order valence-corrected chi connectivity index (χ1v) is 7.04. The van der Waals surface area contributed by atoms with Crippen LogP contribution in [0.3, 0.4) is 0 Å². The summed E-state index contributed by atoms with van der Waals surface area (Å²) in [5.41, 5.74) is 1.24. The second kappa shape index (κ2) is 6.55. The van der Waals surface area contributed by atoms with Crippen LogP contribution in [0, 0.1) is 0 Å². The van der Waals surface area contributed by atoms with Crippen LogP contribution in [0.4, 0.5) is 0 Å². The fraction of sp³-hybridized carbons (Fsp3) is 0.294. The van der Waals surface area contributed by atoms with E-state index >= 15 is 0 Å². The minimum absolute atomic E-state index is 0.260. The number of hydrogen-bond donors (Lipinski definition) is 1. The third kappa shape index (κ3) is 3.59. The second-order valence-electron chi connectivity index (χ2n) is 4.96. The number of hydrogen-bond acceptors (Lipinski definition) is 3. The molecule has 2 aromatic carbocycles. The van der Waals surface area contributed by atoms with Gasteiger partial charge in [-0.15, -0.1) is 0 Å². The molecule has 3 rings (SSSR count). The fourth-order valence-electron chi connectivity index (χ4n) is 2.37. The molecule has 0 bridgehead atoms. The van der Waals surface area contributed by atoms with E-state index in [9.17, 15) is 0 Å². The molecule has 1 unspecified atom stereocenters. The molecule has 1 aliphatic heterocycles. The Kier molecular flexibility index (Phi) is 4.31. The summed E-state index contributed by atoms with van der Waals surface area (Å²) in [6.45, 7) is 2.67. The Morgan fingerprint density at radius 2 is 1.90 bits per heavy atom. The van der Waals surface area contributed by atoms with E-state index in [1.165, 1.54) is 5.56 Å². The van der Waals surface area contributed by atoms with Crippen LogP contribution in [-0.4, -0.2) is 25.8 Å². The minimum Gasteiger partial charge on any atom is -0.457 e. The normalized spacial score (nSPS) is 18.7. The van der Waals surface area contributed by atoms with Gasteiger partial charge in [0.2, 0.25) is 0 Å². The van der Waals surface area contributed by atoms with Gasteiger partial charge in [-0.2, -0.15) is 0 Å². The summed E-state index contributed by atoms with van der Waals surface area (Å²) in [5.74, 6) is 1.73. The van der Waals surface area contributed by atoms with Gasteiger partial charge < -0.3 is 14.8 Å². The number of rotatable bonds is 4. The lowest BCUT2D eigenvalue weighted by atomic mass is 10.1. The highest BCUT2D eigenvalue weighted by Crippen LogP contribution is 2.22. The summed E-state index contributed by atoms with van der Waals surface area (Å²) in [7, 11) is 0. The van der Waals surface area contributed by atoms with E-state index in [4.69, 9.17) is 9.47 Å². The Balaban J connectivity index is 1.66. The van der Waals surface area contributed by atoms with Crippen LogP contribution in [0.5, 0.6) is 11.5 Å². The lowest BCUT2D eigenvalue weighted by molar-refractivity contribution is 0.0292. The van der Waals surface area contributed by atoms with Crippen LogP contribution in [0.1, 0.15) is 5.56 Å². The number of nitrogens with one attached hydrogen (secondary N) is 1. The third-order valence-corrected chi connectivity index (χ3v) is 3.35. The fourth-order valence-corrected chi connectivity index (χ4v) is 2.37. The molecule has 104 valence electrons. The largest absolute Gasteiger partial charge is 0.457 e. The van der Waals surface area contributed by atoms with Gasteiger partial charge in [-0.25, -0.2) is 0 Å². The Labute approximate surface area is 119 Å². The topological polar surface area (TPSA) is 30.5 Å². The van der Waals surface area contributed by atoms with Crippen molar-refractivity contribution >= 4 is 0 Å². The van der Waals surface area contributed by atoms with E-state index in [0.29, 0.717) is 0 Å². The summed E-state index contributed by atoms with van der Waals surface area (Å²) < 4.78 is 11.6. The SMILES string of the molecule is c1ccc(Oc2cccc(CC3CNCCO3)c2)cc1. The lowest BCUT2D eigenvalue weighted by Crippen LogP contribution is -2.39. The summed E-state index contributed by atoms with van der Waals surface area (Å²) >= 11 is 0. The van der Waals surface area contributed by atoms with Gasteiger partial charge in [-0.1, -0.05) is 30.3 Å². The highest BCUT2D eigenvalue weighted by molar-refractivity contribution is 5.34. The summed E-state index contributed by atoms with van der Waals surface area (Å²) in [4.78, 5) is 0. The molecule has 3 nitrogen and oxygen atoms in total. The average molecular weight is 269 g/mol. The summed E-state index contributed by atoms with van der Waals surface area (Å²) in [6.07, 6.45) is 1.18. The maximum atomic E-state index is 5.85. The van der Waals surface area contributed by atoms with Gasteiger partial charge in [-0.3, -0.25) is 0 Å². The third-order valence-electron chi connectivity index (χ3n) is 3.35. The van der Waals surface area contributed by atoms with Crippen molar-refractivity contribution in [1.29, 1.82) is 0 Å². The van der Waals surface area contributed by atoms with Crippen molar-refractivity contribution in [1.82, 2.24) is 5.32 Å². The summed E-state index contributed by atoms with van der Waals surface area (Å²) in [5, 5.41) is 3.35. The van der Waals surface area contributed by atoms with E-state index in [1.54, 1.807) is 0 Å². The van der Waals surface area contributed by atoms with Gasteiger partial charge in [0, 0.05) is 19.5 Å². The lowest BCUT2D eigenvalue weighted by Gasteiger charge is -2.23. The number of benzene rings is 2. The van der Waals surface area contributed by atoms with Crippen molar-refractivity contribution in [3.8, 4) is 11.5 Å². The van der Waals surface area contributed by atoms with Gasteiger partial charge in [-0.05, 0) is 29.8 Å². The monoisotopic (exact) mass is 269 g/mol.